The zero-order valence-electron chi connectivity index (χ0n) is 18.3. The fourth-order valence-corrected chi connectivity index (χ4v) is 6.54. The first-order valence-corrected chi connectivity index (χ1v) is 13.4. The minimum atomic E-state index is -3.79. The standard InChI is InChI=1S/C27H25O4PS/c1-22-12-18-27(19-13-22)33(28,29)31-21-20-30-23-14-16-26(17-15-23)32(24-8-4-2-5-9-24)25-10-6-3-7-11-25/h2-19H,20-21H2,1H3. The van der Waals surface area contributed by atoms with Crippen molar-refractivity contribution in [3.63, 3.8) is 0 Å². The Morgan fingerprint density at radius 1 is 0.636 bits per heavy atom. The van der Waals surface area contributed by atoms with Gasteiger partial charge in [-0.3, -0.25) is 4.18 Å². The molecule has 0 aromatic heterocycles. The molecule has 0 fully saturated rings. The number of aryl methyl sites for hydroxylation is 1. The normalized spacial score (nSPS) is 11.5. The van der Waals surface area contributed by atoms with Crippen LogP contribution in [-0.4, -0.2) is 21.6 Å². The molecule has 0 atom stereocenters. The van der Waals surface area contributed by atoms with Gasteiger partial charge in [-0.25, -0.2) is 0 Å². The van der Waals surface area contributed by atoms with Crippen molar-refractivity contribution in [2.45, 2.75) is 11.8 Å². The van der Waals surface area contributed by atoms with E-state index in [0.717, 1.165) is 5.56 Å². The monoisotopic (exact) mass is 476 g/mol. The number of hydrogen-bond donors (Lipinski definition) is 0. The van der Waals surface area contributed by atoms with Gasteiger partial charge in [0.1, 0.15) is 19.0 Å². The molecule has 4 nitrogen and oxygen atoms in total. The summed E-state index contributed by atoms with van der Waals surface area (Å²) in [7, 11) is -4.47. The van der Waals surface area contributed by atoms with E-state index < -0.39 is 18.0 Å². The average molecular weight is 477 g/mol. The molecule has 0 saturated carbocycles. The summed E-state index contributed by atoms with van der Waals surface area (Å²) in [6.07, 6.45) is 0. The van der Waals surface area contributed by atoms with Crippen molar-refractivity contribution in [1.82, 2.24) is 0 Å². The third kappa shape index (κ3) is 6.08. The maximum absolute atomic E-state index is 12.3. The highest BCUT2D eigenvalue weighted by Gasteiger charge is 2.17. The molecule has 6 heteroatoms. The summed E-state index contributed by atoms with van der Waals surface area (Å²) in [4.78, 5) is 0.146. The van der Waals surface area contributed by atoms with E-state index in [9.17, 15) is 8.42 Å². The van der Waals surface area contributed by atoms with Crippen LogP contribution in [0.4, 0.5) is 0 Å². The van der Waals surface area contributed by atoms with Crippen molar-refractivity contribution in [2.24, 2.45) is 0 Å². The Morgan fingerprint density at radius 2 is 1.15 bits per heavy atom. The van der Waals surface area contributed by atoms with Gasteiger partial charge in [-0.15, -0.1) is 0 Å². The fraction of sp³-hybridized carbons (Fsp3) is 0.111. The van der Waals surface area contributed by atoms with E-state index >= 15 is 0 Å². The van der Waals surface area contributed by atoms with E-state index in [1.807, 2.05) is 31.2 Å². The highest BCUT2D eigenvalue weighted by Crippen LogP contribution is 2.33. The molecular formula is C27H25O4PS. The molecule has 0 radical (unpaired) electrons. The molecule has 0 aliphatic heterocycles. The maximum atomic E-state index is 12.3. The molecule has 4 aromatic carbocycles. The molecule has 0 bridgehead atoms. The SMILES string of the molecule is Cc1ccc(S(=O)(=O)OCCOc2ccc(P(c3ccccc3)c3ccccc3)cc2)cc1. The minimum Gasteiger partial charge on any atom is -0.491 e. The Morgan fingerprint density at radius 3 is 1.70 bits per heavy atom. The van der Waals surface area contributed by atoms with E-state index in [-0.39, 0.29) is 18.1 Å². The lowest BCUT2D eigenvalue weighted by atomic mass is 10.2. The van der Waals surface area contributed by atoms with Gasteiger partial charge in [0.15, 0.2) is 0 Å². The number of hydrogen-bond acceptors (Lipinski definition) is 4. The van der Waals surface area contributed by atoms with Crippen LogP contribution in [0.1, 0.15) is 5.56 Å². The molecule has 33 heavy (non-hydrogen) atoms. The molecule has 168 valence electrons. The Labute approximate surface area is 196 Å². The molecule has 4 rings (SSSR count). The van der Waals surface area contributed by atoms with Gasteiger partial charge in [0.25, 0.3) is 10.1 Å². The largest absolute Gasteiger partial charge is 0.491 e. The first kappa shape index (κ1) is 23.2. The molecule has 0 unspecified atom stereocenters. The van der Waals surface area contributed by atoms with Gasteiger partial charge in [-0.2, -0.15) is 8.42 Å². The maximum Gasteiger partial charge on any atom is 0.297 e. The number of benzene rings is 4. The van der Waals surface area contributed by atoms with Crippen molar-refractivity contribution in [3.8, 4) is 5.75 Å². The summed E-state index contributed by atoms with van der Waals surface area (Å²) in [6, 6.07) is 35.5. The molecule has 4 aromatic rings. The van der Waals surface area contributed by atoms with Gasteiger partial charge < -0.3 is 4.74 Å². The van der Waals surface area contributed by atoms with Crippen molar-refractivity contribution in [3.05, 3.63) is 115 Å². The Bertz CT molecular complexity index is 1220. The lowest BCUT2D eigenvalue weighted by molar-refractivity contribution is 0.221. The summed E-state index contributed by atoms with van der Waals surface area (Å²) in [5, 5.41) is 3.78. The van der Waals surface area contributed by atoms with Crippen LogP contribution in [0.2, 0.25) is 0 Å². The van der Waals surface area contributed by atoms with Crippen LogP contribution in [0, 0.1) is 6.92 Å². The van der Waals surface area contributed by atoms with E-state index in [1.54, 1.807) is 24.3 Å². The highest BCUT2D eigenvalue weighted by atomic mass is 32.2. The van der Waals surface area contributed by atoms with Crippen molar-refractivity contribution in [2.75, 3.05) is 13.2 Å². The third-order valence-corrected chi connectivity index (χ3v) is 8.79. The van der Waals surface area contributed by atoms with Crippen LogP contribution < -0.4 is 20.7 Å². The second-order valence-corrected chi connectivity index (χ2v) is 11.3. The molecule has 0 amide bonds. The predicted molar refractivity (Wildman–Crippen MR) is 135 cm³/mol. The van der Waals surface area contributed by atoms with Crippen LogP contribution in [-0.2, 0) is 14.3 Å². The zero-order valence-corrected chi connectivity index (χ0v) is 20.0. The van der Waals surface area contributed by atoms with Crippen molar-refractivity contribution in [1.29, 1.82) is 0 Å². The van der Waals surface area contributed by atoms with Crippen LogP contribution in [0.15, 0.2) is 114 Å². The summed E-state index contributed by atoms with van der Waals surface area (Å²) >= 11 is 0. The molecule has 0 N–H and O–H groups in total. The van der Waals surface area contributed by atoms with E-state index in [0.29, 0.717) is 5.75 Å². The molecule has 0 saturated heterocycles. The first-order valence-electron chi connectivity index (χ1n) is 10.6. The van der Waals surface area contributed by atoms with Crippen molar-refractivity contribution >= 4 is 34.0 Å². The summed E-state index contributed by atoms with van der Waals surface area (Å²) in [5.74, 6) is 0.672. The molecule has 0 heterocycles. The van der Waals surface area contributed by atoms with Crippen LogP contribution in [0.3, 0.4) is 0 Å². The lowest BCUT2D eigenvalue weighted by Gasteiger charge is -2.19. The Balaban J connectivity index is 1.40. The summed E-state index contributed by atoms with van der Waals surface area (Å²) < 4.78 is 35.4. The topological polar surface area (TPSA) is 52.6 Å². The second kappa shape index (κ2) is 10.8. The van der Waals surface area contributed by atoms with Crippen molar-refractivity contribution < 1.29 is 17.3 Å². The van der Waals surface area contributed by atoms with Crippen LogP contribution in [0.25, 0.3) is 0 Å². The van der Waals surface area contributed by atoms with Gasteiger partial charge in [-0.05, 0) is 55.0 Å². The van der Waals surface area contributed by atoms with Gasteiger partial charge in [0, 0.05) is 0 Å². The van der Waals surface area contributed by atoms with Crippen LogP contribution in [0.5, 0.6) is 5.75 Å². The predicted octanol–water partition coefficient (Wildman–Crippen LogP) is 4.54. The summed E-state index contributed by atoms with van der Waals surface area (Å²) in [5.41, 5.74) is 0.990. The minimum absolute atomic E-state index is 0.0568. The van der Waals surface area contributed by atoms with E-state index in [2.05, 4.69) is 60.7 Å². The molecule has 0 aliphatic carbocycles. The molecule has 0 aliphatic rings. The van der Waals surface area contributed by atoms with E-state index in [4.69, 9.17) is 8.92 Å². The van der Waals surface area contributed by atoms with Gasteiger partial charge in [0.05, 0.1) is 4.90 Å². The van der Waals surface area contributed by atoms with Crippen LogP contribution >= 0.6 is 7.92 Å². The number of rotatable bonds is 9. The fourth-order valence-electron chi connectivity index (χ4n) is 3.37. The van der Waals surface area contributed by atoms with Gasteiger partial charge in [0.2, 0.25) is 0 Å². The third-order valence-electron chi connectivity index (χ3n) is 5.02. The molecular weight excluding hydrogens is 451 g/mol. The second-order valence-electron chi connectivity index (χ2n) is 7.44. The Hall–Kier alpha value is -2.98. The highest BCUT2D eigenvalue weighted by molar-refractivity contribution is 7.86. The smallest absolute Gasteiger partial charge is 0.297 e. The van der Waals surface area contributed by atoms with Gasteiger partial charge >= 0.3 is 0 Å². The zero-order chi connectivity index (χ0) is 23.1. The first-order chi connectivity index (χ1) is 16.0. The Kier molecular flexibility index (Phi) is 7.56. The summed E-state index contributed by atoms with van der Waals surface area (Å²) in [6.45, 7) is 1.98. The average Bonchev–Trinajstić information content (AvgIpc) is 2.85. The number of ether oxygens (including phenoxy) is 1. The van der Waals surface area contributed by atoms with Gasteiger partial charge in [-0.1, -0.05) is 90.5 Å². The lowest BCUT2D eigenvalue weighted by Crippen LogP contribution is -2.20. The molecule has 0 spiro atoms. The van der Waals surface area contributed by atoms with E-state index in [1.165, 1.54) is 15.9 Å². The quantitative estimate of drug-likeness (QED) is 0.202.